The van der Waals surface area contributed by atoms with Crippen LogP contribution >= 0.6 is 0 Å². The molecule has 11 nitrogen and oxygen atoms in total. The number of benzene rings is 1. The summed E-state index contributed by atoms with van der Waals surface area (Å²) in [5, 5.41) is 15.9. The number of aromatic nitrogens is 4. The van der Waals surface area contributed by atoms with Crippen LogP contribution in [0.2, 0.25) is 0 Å². The van der Waals surface area contributed by atoms with E-state index in [1.54, 1.807) is 12.1 Å². The molecule has 3 rings (SSSR count). The predicted octanol–water partition coefficient (Wildman–Crippen LogP) is 1.10. The molecule has 0 bridgehead atoms. The zero-order valence-corrected chi connectivity index (χ0v) is 15.9. The van der Waals surface area contributed by atoms with Gasteiger partial charge < -0.3 is 20.3 Å². The number of nitrogens with zero attached hydrogens (tertiary/aromatic N) is 4. The molecule has 0 saturated carbocycles. The Morgan fingerprint density at radius 1 is 1.10 bits per heavy atom. The number of nitrogens with two attached hydrogens (primary N) is 1. The molecular formula is C18H19N5O6. The van der Waals surface area contributed by atoms with Gasteiger partial charge in [-0.25, -0.2) is 19.4 Å². The number of carboxylic acid groups (broad SMARTS) is 1. The van der Waals surface area contributed by atoms with Gasteiger partial charge in [-0.05, 0) is 24.6 Å². The van der Waals surface area contributed by atoms with E-state index in [1.807, 2.05) is 19.1 Å². The Labute approximate surface area is 165 Å². The Balaban J connectivity index is 0.000000212. The Hall–Kier alpha value is -3.86. The van der Waals surface area contributed by atoms with Gasteiger partial charge in [-0.3, -0.25) is 0 Å². The maximum Gasteiger partial charge on any atom is 0.356 e. The first-order valence-corrected chi connectivity index (χ1v) is 8.25. The molecule has 29 heavy (non-hydrogen) atoms. The van der Waals surface area contributed by atoms with Crippen LogP contribution in [0.5, 0.6) is 0 Å². The van der Waals surface area contributed by atoms with E-state index in [0.29, 0.717) is 5.56 Å². The van der Waals surface area contributed by atoms with Crippen molar-refractivity contribution in [1.82, 2.24) is 19.8 Å². The number of carbonyl (C=O) groups is 3. The first-order valence-electron chi connectivity index (χ1n) is 8.25. The SMILES string of the molecule is COC(=O)c1cc(C(=O)O)nc2cnnn12.COC(=O)c1ccc([C@@H](C)N)cc1. The molecule has 0 spiro atoms. The van der Waals surface area contributed by atoms with Crippen molar-refractivity contribution in [2.24, 2.45) is 5.73 Å². The van der Waals surface area contributed by atoms with Crippen LogP contribution in [0.25, 0.3) is 5.65 Å². The summed E-state index contributed by atoms with van der Waals surface area (Å²) in [5.41, 5.74) is 7.07. The molecule has 0 aliphatic rings. The molecule has 1 atom stereocenters. The van der Waals surface area contributed by atoms with Crippen LogP contribution in [-0.2, 0) is 9.47 Å². The second-order valence-corrected chi connectivity index (χ2v) is 5.73. The molecular weight excluding hydrogens is 382 g/mol. The van der Waals surface area contributed by atoms with Crippen molar-refractivity contribution in [2.75, 3.05) is 14.2 Å². The summed E-state index contributed by atoms with van der Waals surface area (Å²) in [7, 11) is 2.55. The third-order valence-corrected chi connectivity index (χ3v) is 3.74. The number of esters is 2. The fourth-order valence-electron chi connectivity index (χ4n) is 2.22. The van der Waals surface area contributed by atoms with E-state index in [4.69, 9.17) is 10.8 Å². The van der Waals surface area contributed by atoms with Crippen molar-refractivity contribution < 1.29 is 29.0 Å². The van der Waals surface area contributed by atoms with Crippen molar-refractivity contribution in [3.63, 3.8) is 0 Å². The highest BCUT2D eigenvalue weighted by molar-refractivity contribution is 5.93. The summed E-state index contributed by atoms with van der Waals surface area (Å²) in [5.74, 6) is -2.27. The summed E-state index contributed by atoms with van der Waals surface area (Å²) in [6.07, 6.45) is 1.25. The molecule has 0 aliphatic heterocycles. The molecule has 2 heterocycles. The molecule has 0 saturated heterocycles. The number of carboxylic acids is 1. The van der Waals surface area contributed by atoms with Crippen LogP contribution in [0.4, 0.5) is 0 Å². The van der Waals surface area contributed by atoms with Crippen LogP contribution in [0.1, 0.15) is 49.9 Å². The minimum absolute atomic E-state index is 0.00769. The number of methoxy groups -OCH3 is 2. The normalized spacial score (nSPS) is 11.2. The fourth-order valence-corrected chi connectivity index (χ4v) is 2.22. The largest absolute Gasteiger partial charge is 0.477 e. The standard InChI is InChI=1S/C10H13NO2.C8H6N4O4/c1-7(11)8-3-5-9(6-4-8)10(12)13-2;1-16-8(15)5-2-4(7(13)14)10-6-3-9-11-12(5)6/h3-7H,11H2,1-2H3;2-3H,1H3,(H,13,14)/t7-;/m1./s1. The van der Waals surface area contributed by atoms with Gasteiger partial charge in [0.1, 0.15) is 0 Å². The van der Waals surface area contributed by atoms with Gasteiger partial charge in [-0.2, -0.15) is 4.52 Å². The topological polar surface area (TPSA) is 159 Å². The number of ether oxygens (including phenoxy) is 2. The van der Waals surface area contributed by atoms with Gasteiger partial charge in [0.2, 0.25) is 0 Å². The third-order valence-electron chi connectivity index (χ3n) is 3.74. The quantitative estimate of drug-likeness (QED) is 0.606. The van der Waals surface area contributed by atoms with Gasteiger partial charge in [-0.1, -0.05) is 17.3 Å². The van der Waals surface area contributed by atoms with Gasteiger partial charge in [0.25, 0.3) is 0 Å². The summed E-state index contributed by atoms with van der Waals surface area (Å²) in [6.45, 7) is 1.90. The lowest BCUT2D eigenvalue weighted by Gasteiger charge is -2.05. The van der Waals surface area contributed by atoms with E-state index in [1.165, 1.54) is 20.4 Å². The Kier molecular flexibility index (Phi) is 6.93. The van der Waals surface area contributed by atoms with Crippen LogP contribution < -0.4 is 5.73 Å². The summed E-state index contributed by atoms with van der Waals surface area (Å²) < 4.78 is 10.2. The first kappa shape index (κ1) is 21.4. The predicted molar refractivity (Wildman–Crippen MR) is 99.5 cm³/mol. The van der Waals surface area contributed by atoms with Crippen LogP contribution in [0.3, 0.4) is 0 Å². The maximum absolute atomic E-state index is 11.4. The van der Waals surface area contributed by atoms with Gasteiger partial charge in [0.15, 0.2) is 17.0 Å². The lowest BCUT2D eigenvalue weighted by molar-refractivity contribution is 0.0585. The van der Waals surface area contributed by atoms with E-state index in [9.17, 15) is 14.4 Å². The maximum atomic E-state index is 11.4. The van der Waals surface area contributed by atoms with E-state index in [0.717, 1.165) is 16.1 Å². The Morgan fingerprint density at radius 3 is 2.24 bits per heavy atom. The van der Waals surface area contributed by atoms with Gasteiger partial charge in [0.05, 0.1) is 26.0 Å². The highest BCUT2D eigenvalue weighted by atomic mass is 16.5. The third kappa shape index (κ3) is 5.11. The molecule has 3 aromatic rings. The van der Waals surface area contributed by atoms with Crippen molar-refractivity contribution in [3.8, 4) is 0 Å². The molecule has 11 heteroatoms. The molecule has 152 valence electrons. The number of carbonyl (C=O) groups excluding carboxylic acids is 2. The van der Waals surface area contributed by atoms with Crippen molar-refractivity contribution in [3.05, 3.63) is 59.0 Å². The molecule has 1 aromatic carbocycles. The molecule has 2 aromatic heterocycles. The highest BCUT2D eigenvalue weighted by Gasteiger charge is 2.17. The number of aromatic carboxylic acids is 1. The Morgan fingerprint density at radius 2 is 1.72 bits per heavy atom. The number of rotatable bonds is 4. The lowest BCUT2D eigenvalue weighted by Crippen LogP contribution is -2.13. The summed E-state index contributed by atoms with van der Waals surface area (Å²) in [6, 6.07) is 8.16. The van der Waals surface area contributed by atoms with Crippen LogP contribution in [0.15, 0.2) is 36.5 Å². The van der Waals surface area contributed by atoms with Gasteiger partial charge in [-0.15, -0.1) is 5.10 Å². The minimum atomic E-state index is -1.24. The zero-order valence-electron chi connectivity index (χ0n) is 15.9. The number of hydrogen-bond donors (Lipinski definition) is 2. The Bertz CT molecular complexity index is 1030. The fraction of sp³-hybridized carbons (Fsp3) is 0.222. The number of hydrogen-bond acceptors (Lipinski definition) is 9. The van der Waals surface area contributed by atoms with E-state index in [2.05, 4.69) is 24.8 Å². The first-order chi connectivity index (χ1) is 13.8. The average molecular weight is 401 g/mol. The molecule has 0 amide bonds. The van der Waals surface area contributed by atoms with Gasteiger partial charge in [0, 0.05) is 12.1 Å². The average Bonchev–Trinajstić information content (AvgIpc) is 3.21. The zero-order chi connectivity index (χ0) is 21.6. The monoisotopic (exact) mass is 401 g/mol. The lowest BCUT2D eigenvalue weighted by atomic mass is 10.1. The molecule has 0 unspecified atom stereocenters. The molecule has 0 fully saturated rings. The second kappa shape index (κ2) is 9.37. The van der Waals surface area contributed by atoms with Crippen molar-refractivity contribution in [2.45, 2.75) is 13.0 Å². The van der Waals surface area contributed by atoms with Crippen molar-refractivity contribution >= 4 is 23.6 Å². The second-order valence-electron chi connectivity index (χ2n) is 5.73. The van der Waals surface area contributed by atoms with E-state index in [-0.39, 0.29) is 29.0 Å². The highest BCUT2D eigenvalue weighted by Crippen LogP contribution is 2.11. The minimum Gasteiger partial charge on any atom is -0.477 e. The van der Waals surface area contributed by atoms with E-state index >= 15 is 0 Å². The van der Waals surface area contributed by atoms with Gasteiger partial charge >= 0.3 is 17.9 Å². The number of fused-ring (bicyclic) bond motifs is 1. The van der Waals surface area contributed by atoms with E-state index < -0.39 is 11.9 Å². The summed E-state index contributed by atoms with van der Waals surface area (Å²) >= 11 is 0. The molecule has 3 N–H and O–H groups in total. The smallest absolute Gasteiger partial charge is 0.356 e. The van der Waals surface area contributed by atoms with Crippen LogP contribution in [0, 0.1) is 0 Å². The van der Waals surface area contributed by atoms with Crippen molar-refractivity contribution in [1.29, 1.82) is 0 Å². The summed E-state index contributed by atoms with van der Waals surface area (Å²) in [4.78, 5) is 36.9. The molecule has 0 aliphatic carbocycles. The molecule has 0 radical (unpaired) electrons. The van der Waals surface area contributed by atoms with Crippen LogP contribution in [-0.4, -0.2) is 57.0 Å².